The van der Waals surface area contributed by atoms with Gasteiger partial charge in [0.15, 0.2) is 5.96 Å². The van der Waals surface area contributed by atoms with Gasteiger partial charge in [-0.25, -0.2) is 0 Å². The van der Waals surface area contributed by atoms with Gasteiger partial charge in [0.05, 0.1) is 0 Å². The SMILES string of the molecule is CN=C(NCc1cccc(C(=O)NC(C)(C)C)c1)NC1CCN(C2CCCC2)C1.I. The molecule has 168 valence electrons. The Balaban J connectivity index is 0.00000320. The molecule has 7 heteroatoms. The van der Waals surface area contributed by atoms with Crippen LogP contribution in [0.1, 0.15) is 68.8 Å². The van der Waals surface area contributed by atoms with Gasteiger partial charge in [0.1, 0.15) is 0 Å². The number of aliphatic imine (C=N–C) groups is 1. The molecule has 1 unspecified atom stereocenters. The molecule has 2 fully saturated rings. The Bertz CT molecular complexity index is 725. The second-order valence-electron chi connectivity index (χ2n) is 9.39. The smallest absolute Gasteiger partial charge is 0.251 e. The van der Waals surface area contributed by atoms with E-state index in [2.05, 4.69) is 25.8 Å². The second-order valence-corrected chi connectivity index (χ2v) is 9.39. The predicted molar refractivity (Wildman–Crippen MR) is 135 cm³/mol. The van der Waals surface area contributed by atoms with Crippen molar-refractivity contribution in [2.75, 3.05) is 20.1 Å². The molecular weight excluding hydrogens is 489 g/mol. The summed E-state index contributed by atoms with van der Waals surface area (Å²) in [4.78, 5) is 19.4. The molecule has 1 aliphatic heterocycles. The van der Waals surface area contributed by atoms with Crippen molar-refractivity contribution >= 4 is 35.8 Å². The first kappa shape index (κ1) is 24.9. The number of hydrogen-bond acceptors (Lipinski definition) is 3. The minimum absolute atomic E-state index is 0. The van der Waals surface area contributed by atoms with E-state index in [4.69, 9.17) is 0 Å². The fraction of sp³-hybridized carbons (Fsp3) is 0.652. The van der Waals surface area contributed by atoms with E-state index in [0.29, 0.717) is 18.2 Å². The third kappa shape index (κ3) is 7.41. The zero-order valence-electron chi connectivity index (χ0n) is 18.8. The molecule has 1 aliphatic carbocycles. The highest BCUT2D eigenvalue weighted by atomic mass is 127. The van der Waals surface area contributed by atoms with Gasteiger partial charge in [0, 0.05) is 49.9 Å². The Morgan fingerprint density at radius 3 is 2.60 bits per heavy atom. The summed E-state index contributed by atoms with van der Waals surface area (Å²) in [5.74, 6) is 0.785. The van der Waals surface area contributed by atoms with E-state index in [-0.39, 0.29) is 35.4 Å². The molecule has 1 heterocycles. The quantitative estimate of drug-likeness (QED) is 0.312. The van der Waals surface area contributed by atoms with Gasteiger partial charge < -0.3 is 16.0 Å². The maximum absolute atomic E-state index is 12.4. The molecule has 6 nitrogen and oxygen atoms in total. The third-order valence-corrected chi connectivity index (χ3v) is 5.76. The molecule has 0 spiro atoms. The third-order valence-electron chi connectivity index (χ3n) is 5.76. The molecule has 2 aliphatic rings. The molecule has 0 bridgehead atoms. The Kier molecular flexibility index (Phi) is 9.40. The van der Waals surface area contributed by atoms with Gasteiger partial charge in [-0.1, -0.05) is 25.0 Å². The van der Waals surface area contributed by atoms with Crippen LogP contribution in [-0.4, -0.2) is 54.5 Å². The van der Waals surface area contributed by atoms with E-state index >= 15 is 0 Å². The van der Waals surface area contributed by atoms with E-state index in [9.17, 15) is 4.79 Å². The molecule has 0 radical (unpaired) electrons. The van der Waals surface area contributed by atoms with E-state index in [0.717, 1.165) is 24.1 Å². The molecule has 3 N–H and O–H groups in total. The van der Waals surface area contributed by atoms with Crippen molar-refractivity contribution < 1.29 is 4.79 Å². The summed E-state index contributed by atoms with van der Waals surface area (Å²) in [6.45, 7) is 8.89. The largest absolute Gasteiger partial charge is 0.352 e. The highest BCUT2D eigenvalue weighted by molar-refractivity contribution is 14.0. The first-order chi connectivity index (χ1) is 13.8. The van der Waals surface area contributed by atoms with Crippen molar-refractivity contribution in [2.24, 2.45) is 4.99 Å². The summed E-state index contributed by atoms with van der Waals surface area (Å²) >= 11 is 0. The molecule has 30 heavy (non-hydrogen) atoms. The number of amides is 1. The zero-order chi connectivity index (χ0) is 20.9. The number of halogens is 1. The molecule has 1 atom stereocenters. The number of carbonyl (C=O) groups is 1. The molecule has 1 aromatic rings. The number of nitrogens with one attached hydrogen (secondary N) is 3. The zero-order valence-corrected chi connectivity index (χ0v) is 21.2. The van der Waals surface area contributed by atoms with Crippen LogP contribution in [0, 0.1) is 0 Å². The lowest BCUT2D eigenvalue weighted by Gasteiger charge is -2.24. The van der Waals surface area contributed by atoms with Crippen molar-refractivity contribution in [3.8, 4) is 0 Å². The van der Waals surface area contributed by atoms with Crippen molar-refractivity contribution in [1.82, 2.24) is 20.9 Å². The molecule has 1 amide bonds. The van der Waals surface area contributed by atoms with E-state index in [1.807, 2.05) is 52.1 Å². The predicted octanol–water partition coefficient (Wildman–Crippen LogP) is 3.51. The van der Waals surface area contributed by atoms with Crippen LogP contribution in [0.2, 0.25) is 0 Å². The summed E-state index contributed by atoms with van der Waals surface area (Å²) in [7, 11) is 1.81. The normalized spacial score (nSPS) is 20.7. The first-order valence-corrected chi connectivity index (χ1v) is 11.0. The Morgan fingerprint density at radius 2 is 1.93 bits per heavy atom. The number of carbonyl (C=O) groups excluding carboxylic acids is 1. The van der Waals surface area contributed by atoms with Crippen LogP contribution in [0.5, 0.6) is 0 Å². The standard InChI is InChI=1S/C23H37N5O.HI/c1-23(2,3)27-21(29)18-9-7-8-17(14-18)15-25-22(24-4)26-19-12-13-28(16-19)20-10-5-6-11-20;/h7-9,14,19-20H,5-6,10-13,15-16H2,1-4H3,(H,27,29)(H2,24,25,26);1H. The number of likely N-dealkylation sites (tertiary alicyclic amines) is 1. The van der Waals surface area contributed by atoms with Crippen LogP contribution in [-0.2, 0) is 6.54 Å². The van der Waals surface area contributed by atoms with Crippen LogP contribution in [0.25, 0.3) is 0 Å². The van der Waals surface area contributed by atoms with Gasteiger partial charge in [-0.15, -0.1) is 24.0 Å². The summed E-state index contributed by atoms with van der Waals surface area (Å²) in [6.07, 6.45) is 6.65. The highest BCUT2D eigenvalue weighted by Gasteiger charge is 2.30. The van der Waals surface area contributed by atoms with Crippen LogP contribution in [0.3, 0.4) is 0 Å². The number of benzene rings is 1. The van der Waals surface area contributed by atoms with Gasteiger partial charge in [-0.05, 0) is 57.7 Å². The van der Waals surface area contributed by atoms with Crippen LogP contribution in [0.4, 0.5) is 0 Å². The van der Waals surface area contributed by atoms with Gasteiger partial charge in [0.2, 0.25) is 0 Å². The van der Waals surface area contributed by atoms with Crippen LogP contribution in [0.15, 0.2) is 29.3 Å². The minimum Gasteiger partial charge on any atom is -0.352 e. The Hall–Kier alpha value is -1.35. The average Bonchev–Trinajstić information content (AvgIpc) is 3.35. The van der Waals surface area contributed by atoms with E-state index in [1.165, 1.54) is 38.6 Å². The Labute approximate surface area is 198 Å². The fourth-order valence-electron chi connectivity index (χ4n) is 4.32. The number of guanidine groups is 1. The van der Waals surface area contributed by atoms with Crippen molar-refractivity contribution in [3.63, 3.8) is 0 Å². The second kappa shape index (κ2) is 11.3. The lowest BCUT2D eigenvalue weighted by Crippen LogP contribution is -2.45. The lowest BCUT2D eigenvalue weighted by atomic mass is 10.1. The van der Waals surface area contributed by atoms with Gasteiger partial charge >= 0.3 is 0 Å². The summed E-state index contributed by atoms with van der Waals surface area (Å²) in [5.41, 5.74) is 1.50. The van der Waals surface area contributed by atoms with Crippen LogP contribution < -0.4 is 16.0 Å². The van der Waals surface area contributed by atoms with Crippen molar-refractivity contribution in [1.29, 1.82) is 0 Å². The lowest BCUT2D eigenvalue weighted by molar-refractivity contribution is 0.0919. The van der Waals surface area contributed by atoms with Crippen LogP contribution >= 0.6 is 24.0 Å². The molecule has 1 aromatic carbocycles. The number of rotatable bonds is 5. The van der Waals surface area contributed by atoms with Crippen molar-refractivity contribution in [3.05, 3.63) is 35.4 Å². The highest BCUT2D eigenvalue weighted by Crippen LogP contribution is 2.26. The van der Waals surface area contributed by atoms with E-state index in [1.54, 1.807) is 0 Å². The maximum atomic E-state index is 12.4. The monoisotopic (exact) mass is 527 g/mol. The van der Waals surface area contributed by atoms with E-state index < -0.39 is 0 Å². The van der Waals surface area contributed by atoms with Gasteiger partial charge in [-0.3, -0.25) is 14.7 Å². The summed E-state index contributed by atoms with van der Waals surface area (Å²) in [5, 5.41) is 9.99. The number of nitrogens with zero attached hydrogens (tertiary/aromatic N) is 2. The fourth-order valence-corrected chi connectivity index (χ4v) is 4.32. The molecule has 1 saturated carbocycles. The van der Waals surface area contributed by atoms with Gasteiger partial charge in [0.25, 0.3) is 5.91 Å². The van der Waals surface area contributed by atoms with Gasteiger partial charge in [-0.2, -0.15) is 0 Å². The molecule has 1 saturated heterocycles. The maximum Gasteiger partial charge on any atom is 0.251 e. The van der Waals surface area contributed by atoms with Crippen molar-refractivity contribution in [2.45, 2.75) is 77.0 Å². The Morgan fingerprint density at radius 1 is 1.20 bits per heavy atom. The topological polar surface area (TPSA) is 68.8 Å². The average molecular weight is 527 g/mol. The first-order valence-electron chi connectivity index (χ1n) is 11.0. The summed E-state index contributed by atoms with van der Waals surface area (Å²) < 4.78 is 0. The number of hydrogen-bond donors (Lipinski definition) is 3. The summed E-state index contributed by atoms with van der Waals surface area (Å²) in [6, 6.07) is 9.00. The molecular formula is C23H38IN5O. The molecule has 0 aromatic heterocycles. The minimum atomic E-state index is -0.245. The molecule has 3 rings (SSSR count).